The normalized spacial score (nSPS) is 11.5. The van der Waals surface area contributed by atoms with Gasteiger partial charge in [0, 0.05) is 12.6 Å². The molecule has 0 atom stereocenters. The predicted molar refractivity (Wildman–Crippen MR) is 62.2 cm³/mol. The first-order valence-electron chi connectivity index (χ1n) is 4.99. The lowest BCUT2D eigenvalue weighted by Gasteiger charge is -2.22. The number of nitrogens with two attached hydrogens (primary N) is 1. The standard InChI is InChI=1S/C10H14F2N2O2S/c1-17(15,16)14(6-2-5-13)10-4-3-8(11)7-9(10)12/h3-4,7H,2,5-6,13H2,1H3. The summed E-state index contributed by atoms with van der Waals surface area (Å²) < 4.78 is 50.1. The highest BCUT2D eigenvalue weighted by molar-refractivity contribution is 7.92. The van der Waals surface area contributed by atoms with Crippen LogP contribution in [0.2, 0.25) is 0 Å². The van der Waals surface area contributed by atoms with E-state index in [1.165, 1.54) is 0 Å². The molecule has 4 nitrogen and oxygen atoms in total. The average molecular weight is 264 g/mol. The van der Waals surface area contributed by atoms with E-state index in [9.17, 15) is 17.2 Å². The molecule has 17 heavy (non-hydrogen) atoms. The summed E-state index contributed by atoms with van der Waals surface area (Å²) in [6, 6.07) is 2.76. The first-order valence-corrected chi connectivity index (χ1v) is 6.84. The van der Waals surface area contributed by atoms with Crippen molar-refractivity contribution in [1.82, 2.24) is 0 Å². The second-order valence-corrected chi connectivity index (χ2v) is 5.48. The van der Waals surface area contributed by atoms with Crippen molar-refractivity contribution in [2.24, 2.45) is 5.73 Å². The topological polar surface area (TPSA) is 63.4 Å². The molecule has 1 rings (SSSR count). The molecule has 0 spiro atoms. The first-order chi connectivity index (χ1) is 7.86. The molecule has 0 heterocycles. The summed E-state index contributed by atoms with van der Waals surface area (Å²) in [6.07, 6.45) is 1.36. The van der Waals surface area contributed by atoms with E-state index in [-0.39, 0.29) is 18.8 Å². The van der Waals surface area contributed by atoms with Crippen LogP contribution in [0.1, 0.15) is 6.42 Å². The van der Waals surface area contributed by atoms with Gasteiger partial charge in [0.05, 0.1) is 11.9 Å². The van der Waals surface area contributed by atoms with Gasteiger partial charge >= 0.3 is 0 Å². The van der Waals surface area contributed by atoms with E-state index in [4.69, 9.17) is 5.73 Å². The van der Waals surface area contributed by atoms with Crippen LogP contribution in [0.4, 0.5) is 14.5 Å². The van der Waals surface area contributed by atoms with Crippen LogP contribution in [0.25, 0.3) is 0 Å². The van der Waals surface area contributed by atoms with E-state index in [1.807, 2.05) is 0 Å². The van der Waals surface area contributed by atoms with Gasteiger partial charge in [-0.25, -0.2) is 17.2 Å². The van der Waals surface area contributed by atoms with E-state index >= 15 is 0 Å². The molecule has 1 aromatic rings. The Labute approximate surface area is 99.1 Å². The number of anilines is 1. The van der Waals surface area contributed by atoms with Gasteiger partial charge in [-0.15, -0.1) is 0 Å². The molecule has 1 aromatic carbocycles. The van der Waals surface area contributed by atoms with E-state index < -0.39 is 21.7 Å². The van der Waals surface area contributed by atoms with E-state index in [0.29, 0.717) is 12.5 Å². The summed E-state index contributed by atoms with van der Waals surface area (Å²) in [7, 11) is -3.61. The predicted octanol–water partition coefficient (Wildman–Crippen LogP) is 1.08. The summed E-state index contributed by atoms with van der Waals surface area (Å²) in [6.45, 7) is 0.354. The van der Waals surface area contributed by atoms with Gasteiger partial charge in [0.15, 0.2) is 0 Å². The molecule has 0 bridgehead atoms. The molecule has 0 saturated carbocycles. The summed E-state index contributed by atoms with van der Waals surface area (Å²) in [4.78, 5) is 0. The highest BCUT2D eigenvalue weighted by atomic mass is 32.2. The van der Waals surface area contributed by atoms with Crippen molar-refractivity contribution < 1.29 is 17.2 Å². The van der Waals surface area contributed by atoms with Crippen LogP contribution in [0, 0.1) is 11.6 Å². The van der Waals surface area contributed by atoms with Crippen molar-refractivity contribution >= 4 is 15.7 Å². The number of nitrogens with zero attached hydrogens (tertiary/aromatic N) is 1. The summed E-state index contributed by atoms with van der Waals surface area (Å²) in [5.41, 5.74) is 5.12. The van der Waals surface area contributed by atoms with Crippen LogP contribution in [0.15, 0.2) is 18.2 Å². The first kappa shape index (κ1) is 13.9. The van der Waals surface area contributed by atoms with Crippen LogP contribution in [0.5, 0.6) is 0 Å². The Kier molecular flexibility index (Phi) is 4.41. The fourth-order valence-electron chi connectivity index (χ4n) is 1.38. The van der Waals surface area contributed by atoms with Crippen molar-refractivity contribution in [2.75, 3.05) is 23.7 Å². The third-order valence-corrected chi connectivity index (χ3v) is 3.32. The highest BCUT2D eigenvalue weighted by Gasteiger charge is 2.20. The van der Waals surface area contributed by atoms with E-state index in [1.54, 1.807) is 0 Å². The summed E-state index contributed by atoms with van der Waals surface area (Å²) >= 11 is 0. The zero-order valence-electron chi connectivity index (χ0n) is 9.36. The lowest BCUT2D eigenvalue weighted by molar-refractivity contribution is 0.574. The zero-order chi connectivity index (χ0) is 13.1. The maximum Gasteiger partial charge on any atom is 0.232 e. The Balaban J connectivity index is 3.13. The third kappa shape index (κ3) is 3.64. The molecule has 0 amide bonds. The SMILES string of the molecule is CS(=O)(=O)N(CCCN)c1ccc(F)cc1F. The monoisotopic (exact) mass is 264 g/mol. The largest absolute Gasteiger partial charge is 0.330 e. The van der Waals surface area contributed by atoms with Crippen molar-refractivity contribution in [2.45, 2.75) is 6.42 Å². The zero-order valence-corrected chi connectivity index (χ0v) is 10.2. The van der Waals surface area contributed by atoms with Gasteiger partial charge in [-0.2, -0.15) is 0 Å². The third-order valence-electron chi connectivity index (χ3n) is 2.14. The number of sulfonamides is 1. The van der Waals surface area contributed by atoms with Gasteiger partial charge in [-0.05, 0) is 25.1 Å². The van der Waals surface area contributed by atoms with Crippen LogP contribution in [-0.4, -0.2) is 27.8 Å². The minimum Gasteiger partial charge on any atom is -0.330 e. The van der Waals surface area contributed by atoms with Crippen LogP contribution in [0.3, 0.4) is 0 Å². The van der Waals surface area contributed by atoms with Gasteiger partial charge in [-0.3, -0.25) is 4.31 Å². The van der Waals surface area contributed by atoms with Crippen LogP contribution >= 0.6 is 0 Å². The molecule has 96 valence electrons. The molecular formula is C10H14F2N2O2S. The second kappa shape index (κ2) is 5.42. The molecule has 0 aliphatic heterocycles. The quantitative estimate of drug-likeness (QED) is 0.865. The Hall–Kier alpha value is -1.21. The highest BCUT2D eigenvalue weighted by Crippen LogP contribution is 2.22. The molecule has 0 saturated heterocycles. The number of rotatable bonds is 5. The Morgan fingerprint density at radius 3 is 2.47 bits per heavy atom. The Morgan fingerprint density at radius 1 is 1.35 bits per heavy atom. The molecule has 0 fully saturated rings. The Morgan fingerprint density at radius 2 is 2.00 bits per heavy atom. The summed E-state index contributed by atoms with van der Waals surface area (Å²) in [5.74, 6) is -1.66. The van der Waals surface area contributed by atoms with Gasteiger partial charge in [0.25, 0.3) is 0 Å². The molecule has 0 aromatic heterocycles. The molecule has 0 unspecified atom stereocenters. The fourth-order valence-corrected chi connectivity index (χ4v) is 2.35. The maximum absolute atomic E-state index is 13.5. The lowest BCUT2D eigenvalue weighted by Crippen LogP contribution is -2.32. The van der Waals surface area contributed by atoms with Crippen molar-refractivity contribution in [3.05, 3.63) is 29.8 Å². The molecule has 2 N–H and O–H groups in total. The van der Waals surface area contributed by atoms with Crippen molar-refractivity contribution in [1.29, 1.82) is 0 Å². The minimum atomic E-state index is -3.61. The average Bonchev–Trinajstić information content (AvgIpc) is 2.19. The van der Waals surface area contributed by atoms with Crippen molar-refractivity contribution in [3.63, 3.8) is 0 Å². The van der Waals surface area contributed by atoms with Crippen LogP contribution in [-0.2, 0) is 10.0 Å². The number of hydrogen-bond donors (Lipinski definition) is 1. The van der Waals surface area contributed by atoms with Gasteiger partial charge < -0.3 is 5.73 Å². The van der Waals surface area contributed by atoms with Gasteiger partial charge in [0.2, 0.25) is 10.0 Å². The molecule has 0 aliphatic carbocycles. The Bertz CT molecular complexity index is 491. The van der Waals surface area contributed by atoms with Crippen molar-refractivity contribution in [3.8, 4) is 0 Å². The number of hydrogen-bond acceptors (Lipinski definition) is 3. The number of benzene rings is 1. The molecule has 0 aliphatic rings. The van der Waals surface area contributed by atoms with Gasteiger partial charge in [-0.1, -0.05) is 0 Å². The fraction of sp³-hybridized carbons (Fsp3) is 0.400. The van der Waals surface area contributed by atoms with E-state index in [0.717, 1.165) is 22.7 Å². The van der Waals surface area contributed by atoms with E-state index in [2.05, 4.69) is 0 Å². The molecule has 0 radical (unpaired) electrons. The lowest BCUT2D eigenvalue weighted by atomic mass is 10.3. The molecular weight excluding hydrogens is 250 g/mol. The smallest absolute Gasteiger partial charge is 0.232 e. The van der Waals surface area contributed by atoms with Crippen LogP contribution < -0.4 is 10.0 Å². The summed E-state index contributed by atoms with van der Waals surface area (Å²) in [5, 5.41) is 0. The van der Waals surface area contributed by atoms with Gasteiger partial charge in [0.1, 0.15) is 11.6 Å². The minimum absolute atomic E-state index is 0.0673. The second-order valence-electron chi connectivity index (χ2n) is 3.57. The maximum atomic E-state index is 13.5. The molecule has 7 heteroatoms. The number of halogens is 2.